The molecular formula is C12H10Cl2. The van der Waals surface area contributed by atoms with Gasteiger partial charge in [-0.2, -0.15) is 0 Å². The zero-order valence-electron chi connectivity index (χ0n) is 7.63. The molecule has 0 aliphatic carbocycles. The van der Waals surface area contributed by atoms with Crippen molar-refractivity contribution < 1.29 is 0 Å². The monoisotopic (exact) mass is 224 g/mol. The standard InChI is InChI=1S/C12H10Cl2/c13-7-9-1-3-11-4-2-10(8-14)6-12(11)5-9/h1-6H,7-8H2. The molecule has 72 valence electrons. The molecule has 0 amide bonds. The van der Waals surface area contributed by atoms with Crippen molar-refractivity contribution in [2.24, 2.45) is 0 Å². The molecule has 0 aliphatic rings. The van der Waals surface area contributed by atoms with Crippen LogP contribution in [0.1, 0.15) is 11.1 Å². The third kappa shape index (κ3) is 1.87. The van der Waals surface area contributed by atoms with Gasteiger partial charge in [0.1, 0.15) is 0 Å². The first kappa shape index (κ1) is 9.82. The highest BCUT2D eigenvalue weighted by molar-refractivity contribution is 6.17. The minimum absolute atomic E-state index is 0.557. The molecule has 0 spiro atoms. The molecule has 2 rings (SSSR count). The molecule has 0 nitrogen and oxygen atoms in total. The molecule has 0 heterocycles. The Morgan fingerprint density at radius 3 is 1.64 bits per heavy atom. The van der Waals surface area contributed by atoms with Crippen LogP contribution < -0.4 is 0 Å². The second kappa shape index (κ2) is 4.20. The van der Waals surface area contributed by atoms with E-state index in [0.29, 0.717) is 11.8 Å². The lowest BCUT2D eigenvalue weighted by Gasteiger charge is -2.02. The van der Waals surface area contributed by atoms with E-state index in [-0.39, 0.29) is 0 Å². The van der Waals surface area contributed by atoms with Gasteiger partial charge in [0.05, 0.1) is 0 Å². The van der Waals surface area contributed by atoms with Crippen LogP contribution in [0.25, 0.3) is 10.8 Å². The first-order valence-electron chi connectivity index (χ1n) is 4.47. The smallest absolute Gasteiger partial charge is 0.0474 e. The van der Waals surface area contributed by atoms with Crippen LogP contribution in [-0.4, -0.2) is 0 Å². The van der Waals surface area contributed by atoms with Gasteiger partial charge in [-0.05, 0) is 34.0 Å². The summed E-state index contributed by atoms with van der Waals surface area (Å²) in [6, 6.07) is 12.5. The molecule has 0 aromatic heterocycles. The molecular weight excluding hydrogens is 215 g/mol. The highest BCUT2D eigenvalue weighted by Gasteiger charge is 1.97. The summed E-state index contributed by atoms with van der Waals surface area (Å²) < 4.78 is 0. The summed E-state index contributed by atoms with van der Waals surface area (Å²) in [4.78, 5) is 0. The fourth-order valence-electron chi connectivity index (χ4n) is 1.51. The highest BCUT2D eigenvalue weighted by atomic mass is 35.5. The predicted molar refractivity (Wildman–Crippen MR) is 63.1 cm³/mol. The maximum atomic E-state index is 5.77. The van der Waals surface area contributed by atoms with Crippen molar-refractivity contribution in [2.45, 2.75) is 11.8 Å². The summed E-state index contributed by atoms with van der Waals surface area (Å²) in [6.45, 7) is 0. The van der Waals surface area contributed by atoms with E-state index < -0.39 is 0 Å². The van der Waals surface area contributed by atoms with Crippen molar-refractivity contribution in [3.63, 3.8) is 0 Å². The summed E-state index contributed by atoms with van der Waals surface area (Å²) in [7, 11) is 0. The van der Waals surface area contributed by atoms with Crippen molar-refractivity contribution in [1.82, 2.24) is 0 Å². The summed E-state index contributed by atoms with van der Waals surface area (Å²) in [5.74, 6) is 1.11. The molecule has 0 N–H and O–H groups in total. The van der Waals surface area contributed by atoms with Crippen molar-refractivity contribution >= 4 is 34.0 Å². The minimum Gasteiger partial charge on any atom is -0.122 e. The maximum absolute atomic E-state index is 5.77. The number of hydrogen-bond acceptors (Lipinski definition) is 0. The van der Waals surface area contributed by atoms with Gasteiger partial charge in [-0.25, -0.2) is 0 Å². The lowest BCUT2D eigenvalue weighted by atomic mass is 10.1. The Kier molecular flexibility index (Phi) is 2.95. The topological polar surface area (TPSA) is 0 Å². The van der Waals surface area contributed by atoms with E-state index >= 15 is 0 Å². The van der Waals surface area contributed by atoms with E-state index in [4.69, 9.17) is 23.2 Å². The quantitative estimate of drug-likeness (QED) is 0.667. The largest absolute Gasteiger partial charge is 0.122 e. The molecule has 0 unspecified atom stereocenters. The zero-order chi connectivity index (χ0) is 9.97. The number of alkyl halides is 2. The van der Waals surface area contributed by atoms with Crippen molar-refractivity contribution in [3.05, 3.63) is 47.5 Å². The third-order valence-electron chi connectivity index (χ3n) is 2.28. The maximum Gasteiger partial charge on any atom is 0.0474 e. The fourth-order valence-corrected chi connectivity index (χ4v) is 1.84. The number of benzene rings is 2. The molecule has 2 aromatic rings. The van der Waals surface area contributed by atoms with E-state index in [1.807, 2.05) is 0 Å². The van der Waals surface area contributed by atoms with Gasteiger partial charge in [0.25, 0.3) is 0 Å². The minimum atomic E-state index is 0.557. The average Bonchev–Trinajstić information content (AvgIpc) is 2.27. The van der Waals surface area contributed by atoms with Crippen LogP contribution in [0.3, 0.4) is 0 Å². The number of halogens is 2. The second-order valence-corrected chi connectivity index (χ2v) is 3.82. The molecule has 0 fully saturated rings. The normalized spacial score (nSPS) is 10.7. The number of rotatable bonds is 2. The van der Waals surface area contributed by atoms with Gasteiger partial charge in [-0.15, -0.1) is 23.2 Å². The van der Waals surface area contributed by atoms with Gasteiger partial charge >= 0.3 is 0 Å². The van der Waals surface area contributed by atoms with Gasteiger partial charge in [0.15, 0.2) is 0 Å². The average molecular weight is 225 g/mol. The van der Waals surface area contributed by atoms with Gasteiger partial charge in [-0.3, -0.25) is 0 Å². The Labute approximate surface area is 93.4 Å². The first-order valence-corrected chi connectivity index (χ1v) is 5.54. The molecule has 0 atom stereocenters. The van der Waals surface area contributed by atoms with Crippen LogP contribution >= 0.6 is 23.2 Å². The van der Waals surface area contributed by atoms with Gasteiger partial charge in [0.2, 0.25) is 0 Å². The Balaban J connectivity index is 2.60. The summed E-state index contributed by atoms with van der Waals surface area (Å²) in [6.07, 6.45) is 0. The van der Waals surface area contributed by atoms with Gasteiger partial charge < -0.3 is 0 Å². The van der Waals surface area contributed by atoms with E-state index in [2.05, 4.69) is 36.4 Å². The van der Waals surface area contributed by atoms with E-state index in [9.17, 15) is 0 Å². The molecule has 0 radical (unpaired) electrons. The van der Waals surface area contributed by atoms with E-state index in [0.717, 1.165) is 11.1 Å². The summed E-state index contributed by atoms with van der Waals surface area (Å²) >= 11 is 11.5. The molecule has 0 saturated heterocycles. The molecule has 0 bridgehead atoms. The molecule has 14 heavy (non-hydrogen) atoms. The van der Waals surface area contributed by atoms with Crippen LogP contribution in [0.2, 0.25) is 0 Å². The number of fused-ring (bicyclic) bond motifs is 1. The van der Waals surface area contributed by atoms with Crippen LogP contribution in [0, 0.1) is 0 Å². The van der Waals surface area contributed by atoms with Crippen LogP contribution in [-0.2, 0) is 11.8 Å². The fraction of sp³-hybridized carbons (Fsp3) is 0.167. The summed E-state index contributed by atoms with van der Waals surface area (Å²) in [5.41, 5.74) is 2.29. The van der Waals surface area contributed by atoms with E-state index in [1.165, 1.54) is 10.8 Å². The van der Waals surface area contributed by atoms with Crippen molar-refractivity contribution in [3.8, 4) is 0 Å². The second-order valence-electron chi connectivity index (χ2n) is 3.28. The molecule has 0 aliphatic heterocycles. The van der Waals surface area contributed by atoms with Crippen LogP contribution in [0.5, 0.6) is 0 Å². The van der Waals surface area contributed by atoms with Crippen molar-refractivity contribution in [1.29, 1.82) is 0 Å². The Morgan fingerprint density at radius 1 is 0.714 bits per heavy atom. The van der Waals surface area contributed by atoms with Gasteiger partial charge in [-0.1, -0.05) is 24.3 Å². The SMILES string of the molecule is ClCc1ccc2ccc(CCl)cc2c1. The highest BCUT2D eigenvalue weighted by Crippen LogP contribution is 2.19. The lowest BCUT2D eigenvalue weighted by Crippen LogP contribution is -1.81. The van der Waals surface area contributed by atoms with Crippen LogP contribution in [0.4, 0.5) is 0 Å². The molecule has 0 saturated carbocycles. The van der Waals surface area contributed by atoms with Crippen molar-refractivity contribution in [2.75, 3.05) is 0 Å². The lowest BCUT2D eigenvalue weighted by molar-refractivity contribution is 1.40. The Hall–Kier alpha value is -0.720. The summed E-state index contributed by atoms with van der Waals surface area (Å²) in [5, 5.41) is 2.44. The van der Waals surface area contributed by atoms with Crippen LogP contribution in [0.15, 0.2) is 36.4 Å². The Bertz CT molecular complexity index is 410. The number of hydrogen-bond donors (Lipinski definition) is 0. The molecule has 2 heteroatoms. The van der Waals surface area contributed by atoms with E-state index in [1.54, 1.807) is 0 Å². The van der Waals surface area contributed by atoms with Gasteiger partial charge in [0, 0.05) is 11.8 Å². The zero-order valence-corrected chi connectivity index (χ0v) is 9.15. The third-order valence-corrected chi connectivity index (χ3v) is 2.89. The Morgan fingerprint density at radius 2 is 1.21 bits per heavy atom. The predicted octanol–water partition coefficient (Wildman–Crippen LogP) is 4.32. The molecule has 2 aromatic carbocycles. The first-order chi connectivity index (χ1) is 6.83.